The van der Waals surface area contributed by atoms with Crippen LogP contribution < -0.4 is 0 Å². The van der Waals surface area contributed by atoms with E-state index >= 15 is 0 Å². The fourth-order valence-corrected chi connectivity index (χ4v) is 5.85. The van der Waals surface area contributed by atoms with Crippen LogP contribution in [-0.2, 0) is 4.79 Å². The molecule has 0 spiro atoms. The lowest BCUT2D eigenvalue weighted by molar-refractivity contribution is -0.127. The number of fused-ring (bicyclic) bond motifs is 3. The Labute approximate surface area is 122 Å². The molecule has 0 aromatic heterocycles. The van der Waals surface area contributed by atoms with Crippen LogP contribution in [0.25, 0.3) is 0 Å². The molecule has 0 aliphatic heterocycles. The first-order valence-electron chi connectivity index (χ1n) is 7.92. The monoisotopic (exact) mass is 276 g/mol. The number of allylic oxidation sites excluding steroid dienone is 1. The highest BCUT2D eigenvalue weighted by atomic mass is 16.3. The number of rotatable bonds is 0. The van der Waals surface area contributed by atoms with E-state index in [0.717, 1.165) is 37.7 Å². The van der Waals surface area contributed by atoms with E-state index in [4.69, 9.17) is 0 Å². The Balaban J connectivity index is 2.12. The zero-order valence-electron chi connectivity index (χ0n) is 13.6. The summed E-state index contributed by atoms with van der Waals surface area (Å²) in [7, 11) is 0. The first-order chi connectivity index (χ1) is 8.94. The van der Waals surface area contributed by atoms with Gasteiger partial charge in [0.25, 0.3) is 0 Å². The van der Waals surface area contributed by atoms with Crippen molar-refractivity contribution >= 4 is 5.78 Å². The van der Waals surface area contributed by atoms with Crippen molar-refractivity contribution in [2.75, 3.05) is 0 Å². The van der Waals surface area contributed by atoms with Crippen LogP contribution in [0.2, 0.25) is 0 Å². The van der Waals surface area contributed by atoms with Gasteiger partial charge in [-0.25, -0.2) is 0 Å². The Morgan fingerprint density at radius 2 is 1.50 bits per heavy atom. The zero-order chi connectivity index (χ0) is 15.0. The van der Waals surface area contributed by atoms with Crippen molar-refractivity contribution in [3.05, 3.63) is 11.1 Å². The molecule has 2 atom stereocenters. The molecule has 0 aromatic rings. The van der Waals surface area contributed by atoms with Gasteiger partial charge >= 0.3 is 0 Å². The highest BCUT2D eigenvalue weighted by molar-refractivity contribution is 5.99. The van der Waals surface area contributed by atoms with Gasteiger partial charge in [0, 0.05) is 12.0 Å². The maximum Gasteiger partial charge on any atom is 0.162 e. The molecular formula is C18H28O2. The van der Waals surface area contributed by atoms with Gasteiger partial charge in [0.1, 0.15) is 0 Å². The summed E-state index contributed by atoms with van der Waals surface area (Å²) in [5.41, 5.74) is 1.54. The molecular weight excluding hydrogens is 248 g/mol. The fraction of sp³-hybridized carbons (Fsp3) is 0.833. The smallest absolute Gasteiger partial charge is 0.162 e. The zero-order valence-corrected chi connectivity index (χ0v) is 13.6. The third-order valence-corrected chi connectivity index (χ3v) is 5.46. The Morgan fingerprint density at radius 1 is 0.850 bits per heavy atom. The SMILES string of the molecule is CC1(C)CC(=O)C2=C(C1)CC1(C)CC(C)(C)CC2(O)C1. The number of hydrogen-bond donors (Lipinski definition) is 1. The molecule has 3 aliphatic carbocycles. The molecule has 112 valence electrons. The molecule has 2 unspecified atom stereocenters. The van der Waals surface area contributed by atoms with Gasteiger partial charge in [-0.15, -0.1) is 0 Å². The third-order valence-electron chi connectivity index (χ3n) is 5.46. The Kier molecular flexibility index (Phi) is 2.69. The molecule has 0 amide bonds. The van der Waals surface area contributed by atoms with Gasteiger partial charge < -0.3 is 5.11 Å². The number of Topliss-reactive ketones (excluding diaryl/α,β-unsaturated/α-hetero) is 1. The van der Waals surface area contributed by atoms with Gasteiger partial charge in [-0.3, -0.25) is 4.79 Å². The minimum Gasteiger partial charge on any atom is -0.385 e. The van der Waals surface area contributed by atoms with Crippen LogP contribution in [0.3, 0.4) is 0 Å². The number of hydrogen-bond acceptors (Lipinski definition) is 2. The van der Waals surface area contributed by atoms with Crippen molar-refractivity contribution in [2.24, 2.45) is 16.2 Å². The first kappa shape index (κ1) is 14.3. The van der Waals surface area contributed by atoms with E-state index < -0.39 is 5.60 Å². The molecule has 3 aliphatic rings. The fourth-order valence-electron chi connectivity index (χ4n) is 5.85. The van der Waals surface area contributed by atoms with Gasteiger partial charge in [0.15, 0.2) is 5.78 Å². The molecule has 1 fully saturated rings. The summed E-state index contributed by atoms with van der Waals surface area (Å²) < 4.78 is 0. The van der Waals surface area contributed by atoms with Gasteiger partial charge in [-0.2, -0.15) is 0 Å². The number of carbonyl (C=O) groups excluding carboxylic acids is 1. The highest BCUT2D eigenvalue weighted by Gasteiger charge is 2.56. The lowest BCUT2D eigenvalue weighted by Gasteiger charge is -2.57. The standard InChI is InChI=1S/C18H28O2/c1-15(2)6-12-7-17(5)9-16(3,4)10-18(20,11-17)14(12)13(19)8-15/h20H,6-11H2,1-5H3. The predicted octanol–water partition coefficient (Wildman–Crippen LogP) is 4.02. The van der Waals surface area contributed by atoms with E-state index in [0.29, 0.717) is 6.42 Å². The van der Waals surface area contributed by atoms with Crippen molar-refractivity contribution in [3.63, 3.8) is 0 Å². The van der Waals surface area contributed by atoms with Gasteiger partial charge in [0.2, 0.25) is 0 Å². The van der Waals surface area contributed by atoms with E-state index in [-0.39, 0.29) is 22.0 Å². The Hall–Kier alpha value is -0.630. The van der Waals surface area contributed by atoms with Crippen LogP contribution in [0.1, 0.15) is 73.1 Å². The van der Waals surface area contributed by atoms with Crippen molar-refractivity contribution in [2.45, 2.75) is 78.7 Å². The molecule has 2 nitrogen and oxygen atoms in total. The number of carbonyl (C=O) groups is 1. The lowest BCUT2D eigenvalue weighted by atomic mass is 9.49. The van der Waals surface area contributed by atoms with Crippen molar-refractivity contribution in [1.29, 1.82) is 0 Å². The van der Waals surface area contributed by atoms with Crippen LogP contribution in [0, 0.1) is 16.2 Å². The summed E-state index contributed by atoms with van der Waals surface area (Å²) in [6.45, 7) is 11.1. The normalized spacial score (nSPS) is 42.4. The van der Waals surface area contributed by atoms with Crippen LogP contribution >= 0.6 is 0 Å². The minimum atomic E-state index is -0.863. The maximum absolute atomic E-state index is 12.6. The van der Waals surface area contributed by atoms with E-state index in [1.54, 1.807) is 0 Å². The second-order valence-corrected chi connectivity index (χ2v) is 9.63. The summed E-state index contributed by atoms with van der Waals surface area (Å²) >= 11 is 0. The Bertz CT molecular complexity index is 512. The molecule has 2 heteroatoms. The number of ketones is 1. The quantitative estimate of drug-likeness (QED) is 0.725. The summed E-state index contributed by atoms with van der Waals surface area (Å²) in [4.78, 5) is 12.6. The predicted molar refractivity (Wildman–Crippen MR) is 80.4 cm³/mol. The molecule has 3 rings (SSSR count). The molecule has 20 heavy (non-hydrogen) atoms. The van der Waals surface area contributed by atoms with Gasteiger partial charge in [-0.05, 0) is 48.3 Å². The van der Waals surface area contributed by atoms with E-state index in [9.17, 15) is 9.90 Å². The summed E-state index contributed by atoms with van der Waals surface area (Å²) in [5.74, 6) is 0.207. The summed E-state index contributed by atoms with van der Waals surface area (Å²) in [5, 5.41) is 11.3. The van der Waals surface area contributed by atoms with Crippen molar-refractivity contribution < 1.29 is 9.90 Å². The molecule has 2 bridgehead atoms. The van der Waals surface area contributed by atoms with E-state index in [2.05, 4.69) is 34.6 Å². The largest absolute Gasteiger partial charge is 0.385 e. The van der Waals surface area contributed by atoms with Crippen LogP contribution in [0.4, 0.5) is 0 Å². The van der Waals surface area contributed by atoms with Crippen molar-refractivity contribution in [3.8, 4) is 0 Å². The van der Waals surface area contributed by atoms with E-state index in [1.807, 2.05) is 0 Å². The second-order valence-electron chi connectivity index (χ2n) is 9.63. The average Bonchev–Trinajstić information content (AvgIpc) is 2.05. The van der Waals surface area contributed by atoms with Gasteiger partial charge in [-0.1, -0.05) is 40.2 Å². The van der Waals surface area contributed by atoms with Crippen LogP contribution in [0.15, 0.2) is 11.1 Å². The van der Waals surface area contributed by atoms with Crippen molar-refractivity contribution in [1.82, 2.24) is 0 Å². The molecule has 0 aromatic carbocycles. The second kappa shape index (κ2) is 3.76. The summed E-state index contributed by atoms with van der Waals surface area (Å²) in [6.07, 6.45) is 5.23. The molecule has 0 saturated heterocycles. The van der Waals surface area contributed by atoms with Crippen LogP contribution in [-0.4, -0.2) is 16.5 Å². The first-order valence-corrected chi connectivity index (χ1v) is 7.92. The lowest BCUT2D eigenvalue weighted by Crippen LogP contribution is -2.54. The molecule has 1 N–H and O–H groups in total. The van der Waals surface area contributed by atoms with E-state index in [1.165, 1.54) is 5.57 Å². The summed E-state index contributed by atoms with van der Waals surface area (Å²) in [6, 6.07) is 0. The maximum atomic E-state index is 12.6. The minimum absolute atomic E-state index is 0.0593. The average molecular weight is 276 g/mol. The van der Waals surface area contributed by atoms with Crippen LogP contribution in [0.5, 0.6) is 0 Å². The van der Waals surface area contributed by atoms with Gasteiger partial charge in [0.05, 0.1) is 5.60 Å². The molecule has 0 radical (unpaired) electrons. The topological polar surface area (TPSA) is 37.3 Å². The molecule has 0 heterocycles. The number of aliphatic hydroxyl groups is 1. The Morgan fingerprint density at radius 3 is 2.15 bits per heavy atom. The highest BCUT2D eigenvalue weighted by Crippen LogP contribution is 2.61. The molecule has 1 saturated carbocycles. The third kappa shape index (κ3) is 2.16.